The van der Waals surface area contributed by atoms with Gasteiger partial charge in [-0.2, -0.15) is 0 Å². The monoisotopic (exact) mass is 225 g/mol. The van der Waals surface area contributed by atoms with Crippen LogP contribution in [0.4, 0.5) is 0 Å². The molecule has 0 aromatic heterocycles. The highest BCUT2D eigenvalue weighted by Crippen LogP contribution is 2.39. The Morgan fingerprint density at radius 3 is 2.00 bits per heavy atom. The lowest BCUT2D eigenvalue weighted by Crippen LogP contribution is -2.52. The van der Waals surface area contributed by atoms with Gasteiger partial charge in [0.2, 0.25) is 0 Å². The van der Waals surface area contributed by atoms with Gasteiger partial charge < -0.3 is 9.64 Å². The van der Waals surface area contributed by atoms with E-state index in [0.29, 0.717) is 5.41 Å². The van der Waals surface area contributed by atoms with Gasteiger partial charge in [-0.05, 0) is 38.8 Å². The summed E-state index contributed by atoms with van der Waals surface area (Å²) in [7, 11) is 0. The minimum atomic E-state index is 0.597. The summed E-state index contributed by atoms with van der Waals surface area (Å²) in [5.41, 5.74) is 0.597. The third-order valence-electron chi connectivity index (χ3n) is 4.44. The molecule has 2 aliphatic heterocycles. The summed E-state index contributed by atoms with van der Waals surface area (Å²) in [5, 5.41) is 0. The summed E-state index contributed by atoms with van der Waals surface area (Å²) in [4.78, 5) is 2.75. The number of nitrogens with zero attached hydrogens (tertiary/aromatic N) is 1. The van der Waals surface area contributed by atoms with Crippen LogP contribution < -0.4 is 0 Å². The molecule has 0 radical (unpaired) electrons. The van der Waals surface area contributed by atoms with Crippen molar-refractivity contribution in [2.45, 2.75) is 58.4 Å². The van der Waals surface area contributed by atoms with E-state index in [1.807, 2.05) is 0 Å². The number of piperidine rings is 1. The molecule has 2 heterocycles. The van der Waals surface area contributed by atoms with Crippen LogP contribution in [0.3, 0.4) is 0 Å². The van der Waals surface area contributed by atoms with Crippen molar-refractivity contribution in [1.29, 1.82) is 0 Å². The largest absolute Gasteiger partial charge is 0.380 e. The molecule has 2 nitrogen and oxygen atoms in total. The van der Waals surface area contributed by atoms with E-state index < -0.39 is 0 Å². The quantitative estimate of drug-likeness (QED) is 0.713. The first kappa shape index (κ1) is 12.4. The maximum Gasteiger partial charge on any atom is 0.0545 e. The average molecular weight is 225 g/mol. The van der Waals surface area contributed by atoms with Crippen LogP contribution in [0.5, 0.6) is 0 Å². The first-order valence-electron chi connectivity index (χ1n) is 7.11. The van der Waals surface area contributed by atoms with Gasteiger partial charge in [0.15, 0.2) is 0 Å². The van der Waals surface area contributed by atoms with Crippen LogP contribution >= 0.6 is 0 Å². The maximum atomic E-state index is 5.39. The lowest BCUT2D eigenvalue weighted by molar-refractivity contribution is -0.143. The molecular formula is C14H27NO. The Hall–Kier alpha value is -0.0800. The number of rotatable bonds is 5. The second-order valence-corrected chi connectivity index (χ2v) is 5.76. The minimum absolute atomic E-state index is 0.597. The molecule has 2 heteroatoms. The van der Waals surface area contributed by atoms with Crippen molar-refractivity contribution in [2.24, 2.45) is 5.41 Å². The summed E-state index contributed by atoms with van der Waals surface area (Å²) in [6, 6.07) is 0.855. The Bertz CT molecular complexity index is 197. The SMILES string of the molecule is CCCC(CCC)N1CCC2(CC1)COC2. The molecular weight excluding hydrogens is 198 g/mol. The molecule has 16 heavy (non-hydrogen) atoms. The minimum Gasteiger partial charge on any atom is -0.380 e. The summed E-state index contributed by atoms with van der Waals surface area (Å²) in [5.74, 6) is 0. The molecule has 0 atom stereocenters. The fourth-order valence-corrected chi connectivity index (χ4v) is 3.22. The molecule has 1 spiro atoms. The van der Waals surface area contributed by atoms with Crippen LogP contribution in [0.2, 0.25) is 0 Å². The second kappa shape index (κ2) is 5.50. The molecule has 0 unspecified atom stereocenters. The lowest BCUT2D eigenvalue weighted by atomic mass is 9.76. The molecule has 0 amide bonds. The van der Waals surface area contributed by atoms with Gasteiger partial charge in [-0.1, -0.05) is 26.7 Å². The van der Waals surface area contributed by atoms with Crippen molar-refractivity contribution >= 4 is 0 Å². The van der Waals surface area contributed by atoms with Crippen LogP contribution in [0.15, 0.2) is 0 Å². The smallest absolute Gasteiger partial charge is 0.0545 e. The molecule has 94 valence electrons. The van der Waals surface area contributed by atoms with Gasteiger partial charge in [-0.3, -0.25) is 0 Å². The van der Waals surface area contributed by atoms with Crippen molar-refractivity contribution in [3.63, 3.8) is 0 Å². The Morgan fingerprint density at radius 2 is 1.62 bits per heavy atom. The molecule has 0 aliphatic carbocycles. The van der Waals surface area contributed by atoms with Crippen molar-refractivity contribution in [1.82, 2.24) is 4.90 Å². The van der Waals surface area contributed by atoms with Crippen LogP contribution in [-0.2, 0) is 4.74 Å². The topological polar surface area (TPSA) is 12.5 Å². The average Bonchev–Trinajstić information content (AvgIpc) is 2.27. The van der Waals surface area contributed by atoms with E-state index in [2.05, 4.69) is 18.7 Å². The first-order chi connectivity index (χ1) is 7.79. The zero-order valence-electron chi connectivity index (χ0n) is 11.0. The van der Waals surface area contributed by atoms with Crippen LogP contribution in [0.25, 0.3) is 0 Å². The van der Waals surface area contributed by atoms with Gasteiger partial charge >= 0.3 is 0 Å². The van der Waals surface area contributed by atoms with Gasteiger partial charge in [0, 0.05) is 11.5 Å². The predicted octanol–water partition coefficient (Wildman–Crippen LogP) is 3.07. The van der Waals surface area contributed by atoms with E-state index in [-0.39, 0.29) is 0 Å². The van der Waals surface area contributed by atoms with Gasteiger partial charge in [-0.25, -0.2) is 0 Å². The summed E-state index contributed by atoms with van der Waals surface area (Å²) < 4.78 is 5.39. The molecule has 2 aliphatic rings. The predicted molar refractivity (Wildman–Crippen MR) is 67.7 cm³/mol. The summed E-state index contributed by atoms with van der Waals surface area (Å²) in [6.07, 6.45) is 8.17. The fraction of sp³-hybridized carbons (Fsp3) is 1.00. The Labute approximate surface area is 100 Å². The van der Waals surface area contributed by atoms with E-state index >= 15 is 0 Å². The first-order valence-corrected chi connectivity index (χ1v) is 7.11. The van der Waals surface area contributed by atoms with Crippen LogP contribution in [0, 0.1) is 5.41 Å². The highest BCUT2D eigenvalue weighted by atomic mass is 16.5. The second-order valence-electron chi connectivity index (χ2n) is 5.76. The van der Waals surface area contributed by atoms with Gasteiger partial charge in [0.25, 0.3) is 0 Å². The fourth-order valence-electron chi connectivity index (χ4n) is 3.22. The van der Waals surface area contributed by atoms with E-state index in [0.717, 1.165) is 19.3 Å². The van der Waals surface area contributed by atoms with Crippen LogP contribution in [0.1, 0.15) is 52.4 Å². The Morgan fingerprint density at radius 1 is 1.06 bits per heavy atom. The third-order valence-corrected chi connectivity index (χ3v) is 4.44. The normalized spacial score (nSPS) is 24.9. The van der Waals surface area contributed by atoms with E-state index in [1.165, 1.54) is 51.6 Å². The van der Waals surface area contributed by atoms with Crippen molar-refractivity contribution in [3.05, 3.63) is 0 Å². The van der Waals surface area contributed by atoms with Crippen molar-refractivity contribution < 1.29 is 4.74 Å². The molecule has 0 saturated carbocycles. The third kappa shape index (κ3) is 2.60. The Kier molecular flexibility index (Phi) is 4.26. The molecule has 0 aromatic rings. The van der Waals surface area contributed by atoms with E-state index in [9.17, 15) is 0 Å². The highest BCUT2D eigenvalue weighted by molar-refractivity contribution is 4.92. The summed E-state index contributed by atoms with van der Waals surface area (Å²) >= 11 is 0. The van der Waals surface area contributed by atoms with Crippen molar-refractivity contribution in [2.75, 3.05) is 26.3 Å². The highest BCUT2D eigenvalue weighted by Gasteiger charge is 2.41. The lowest BCUT2D eigenvalue weighted by Gasteiger charge is -2.49. The molecule has 2 fully saturated rings. The maximum absolute atomic E-state index is 5.39. The van der Waals surface area contributed by atoms with Crippen molar-refractivity contribution in [3.8, 4) is 0 Å². The molecule has 2 rings (SSSR count). The standard InChI is InChI=1S/C14H27NO/c1-3-5-13(6-4-2)15-9-7-14(8-10-15)11-16-12-14/h13H,3-12H2,1-2H3. The molecule has 0 N–H and O–H groups in total. The Balaban J connectivity index is 1.80. The number of hydrogen-bond donors (Lipinski definition) is 0. The summed E-state index contributed by atoms with van der Waals surface area (Å²) in [6.45, 7) is 9.32. The number of hydrogen-bond acceptors (Lipinski definition) is 2. The van der Waals surface area contributed by atoms with Crippen LogP contribution in [-0.4, -0.2) is 37.2 Å². The number of likely N-dealkylation sites (tertiary alicyclic amines) is 1. The van der Waals surface area contributed by atoms with E-state index in [4.69, 9.17) is 4.74 Å². The van der Waals surface area contributed by atoms with Gasteiger partial charge in [0.1, 0.15) is 0 Å². The van der Waals surface area contributed by atoms with E-state index in [1.54, 1.807) is 0 Å². The molecule has 2 saturated heterocycles. The zero-order valence-corrected chi connectivity index (χ0v) is 11.0. The zero-order chi connectivity index (χ0) is 11.4. The number of ether oxygens (including phenoxy) is 1. The van der Waals surface area contributed by atoms with Gasteiger partial charge in [-0.15, -0.1) is 0 Å². The van der Waals surface area contributed by atoms with Gasteiger partial charge in [0.05, 0.1) is 13.2 Å². The molecule has 0 aromatic carbocycles. The molecule has 0 bridgehead atoms.